The highest BCUT2D eigenvalue weighted by Gasteiger charge is 2.06. The zero-order chi connectivity index (χ0) is 10.2. The molecule has 0 fully saturated rings. The van der Waals surface area contributed by atoms with Crippen LogP contribution in [0.1, 0.15) is 59.9 Å². The predicted molar refractivity (Wildman–Crippen MR) is 76.9 cm³/mol. The van der Waals surface area contributed by atoms with Gasteiger partial charge in [-0.1, -0.05) is 84.7 Å². The van der Waals surface area contributed by atoms with E-state index in [4.69, 9.17) is 0 Å². The number of rotatable bonds is 6. The van der Waals surface area contributed by atoms with Crippen molar-refractivity contribution >= 4 is 0 Å². The first-order valence-electron chi connectivity index (χ1n) is 5.90. The van der Waals surface area contributed by atoms with Crippen LogP contribution < -0.4 is 0 Å². The van der Waals surface area contributed by atoms with Crippen molar-refractivity contribution in [3.8, 4) is 0 Å². The van der Waals surface area contributed by atoms with E-state index in [9.17, 15) is 0 Å². The molecule has 1 aromatic carbocycles. The van der Waals surface area contributed by atoms with Gasteiger partial charge in [0.25, 0.3) is 0 Å². The van der Waals surface area contributed by atoms with Gasteiger partial charge in [-0.15, -0.1) is 0 Å². The van der Waals surface area contributed by atoms with E-state index in [1.54, 1.807) is 0 Å². The number of hydrogen-bond donors (Lipinski definition) is 0. The van der Waals surface area contributed by atoms with E-state index in [1.165, 1.54) is 37.7 Å². The summed E-state index contributed by atoms with van der Waals surface area (Å²) in [6, 6.07) is 10.9. The first kappa shape index (κ1) is 17.6. The van der Waals surface area contributed by atoms with Crippen molar-refractivity contribution in [2.75, 3.05) is 0 Å². The molecule has 0 N–H and O–H groups in total. The first-order chi connectivity index (χ1) is 6.86. The molecule has 0 heterocycles. The maximum absolute atomic E-state index is 2.29. The minimum atomic E-state index is 0. The lowest BCUT2D eigenvalue weighted by Gasteiger charge is -2.14. The summed E-state index contributed by atoms with van der Waals surface area (Å²) in [5, 5.41) is 0. The summed E-state index contributed by atoms with van der Waals surface area (Å²) in [7, 11) is 0. The van der Waals surface area contributed by atoms with Gasteiger partial charge < -0.3 is 0 Å². The van der Waals surface area contributed by atoms with Crippen molar-refractivity contribution in [1.82, 2.24) is 0 Å². The Labute approximate surface area is 103 Å². The smallest absolute Gasteiger partial charge is 0.0250 e. The molecule has 0 aliphatic heterocycles. The van der Waals surface area contributed by atoms with E-state index in [2.05, 4.69) is 44.2 Å². The zero-order valence-electron chi connectivity index (χ0n) is 9.50. The fourth-order valence-corrected chi connectivity index (χ4v) is 2.11. The van der Waals surface area contributed by atoms with Crippen LogP contribution in [0.4, 0.5) is 0 Å². The summed E-state index contributed by atoms with van der Waals surface area (Å²) >= 11 is 0. The molecule has 1 aromatic rings. The Hall–Kier alpha value is -0.780. The van der Waals surface area contributed by atoms with Gasteiger partial charge in [-0.25, -0.2) is 0 Å². The van der Waals surface area contributed by atoms with Crippen molar-refractivity contribution in [3.05, 3.63) is 35.9 Å². The Morgan fingerprint density at radius 3 is 1.81 bits per heavy atom. The molecule has 16 heavy (non-hydrogen) atoms. The Morgan fingerprint density at radius 1 is 0.875 bits per heavy atom. The maximum Gasteiger partial charge on any atom is -0.0250 e. The van der Waals surface area contributed by atoms with Gasteiger partial charge in [0.1, 0.15) is 0 Å². The molecule has 0 nitrogen and oxygen atoms in total. The number of hydrogen-bond acceptors (Lipinski definition) is 0. The van der Waals surface area contributed by atoms with Crippen LogP contribution in [0.25, 0.3) is 0 Å². The summed E-state index contributed by atoms with van der Waals surface area (Å²) < 4.78 is 0. The average Bonchev–Trinajstić information content (AvgIpc) is 2.20. The summed E-state index contributed by atoms with van der Waals surface area (Å²) in [5.74, 6) is 0.896. The normalized spacial score (nSPS) is 9.44. The zero-order valence-corrected chi connectivity index (χ0v) is 9.50. The van der Waals surface area contributed by atoms with Crippen molar-refractivity contribution in [2.24, 2.45) is 5.92 Å². The topological polar surface area (TPSA) is 0 Å². The van der Waals surface area contributed by atoms with E-state index in [1.807, 2.05) is 0 Å². The molecule has 0 aliphatic carbocycles. The predicted octanol–water partition coefficient (Wildman–Crippen LogP) is 5.72. The molecule has 0 spiro atoms. The molecule has 0 atom stereocenters. The summed E-state index contributed by atoms with van der Waals surface area (Å²) in [5.41, 5.74) is 1.50. The van der Waals surface area contributed by atoms with E-state index < -0.39 is 0 Å². The molecule has 0 saturated carbocycles. The maximum atomic E-state index is 2.29. The third kappa shape index (κ3) is 6.66. The van der Waals surface area contributed by atoms with E-state index in [-0.39, 0.29) is 14.9 Å². The second-order valence-corrected chi connectivity index (χ2v) is 4.13. The second kappa shape index (κ2) is 10.7. The van der Waals surface area contributed by atoms with Crippen molar-refractivity contribution in [1.29, 1.82) is 0 Å². The van der Waals surface area contributed by atoms with Crippen molar-refractivity contribution < 1.29 is 0 Å². The molecular weight excluding hydrogens is 192 g/mol. The molecule has 0 radical (unpaired) electrons. The second-order valence-electron chi connectivity index (χ2n) is 4.13. The average molecular weight is 222 g/mol. The van der Waals surface area contributed by atoms with Gasteiger partial charge >= 0.3 is 0 Å². The van der Waals surface area contributed by atoms with Crippen LogP contribution in [0.2, 0.25) is 0 Å². The van der Waals surface area contributed by atoms with Crippen molar-refractivity contribution in [3.63, 3.8) is 0 Å². The minimum absolute atomic E-state index is 0. The first-order valence-corrected chi connectivity index (χ1v) is 5.90. The highest BCUT2D eigenvalue weighted by Crippen LogP contribution is 2.18. The molecule has 0 aromatic heterocycles. The fourth-order valence-electron chi connectivity index (χ4n) is 2.11. The molecule has 0 bridgehead atoms. The van der Waals surface area contributed by atoms with Gasteiger partial charge in [-0.3, -0.25) is 0 Å². The minimum Gasteiger partial charge on any atom is -0.0776 e. The van der Waals surface area contributed by atoms with Gasteiger partial charge in [0.05, 0.1) is 0 Å². The highest BCUT2D eigenvalue weighted by molar-refractivity contribution is 5.15. The molecule has 0 saturated heterocycles. The molecule has 0 heteroatoms. The van der Waals surface area contributed by atoms with Crippen LogP contribution in [0.3, 0.4) is 0 Å². The third-order valence-corrected chi connectivity index (χ3v) is 2.76. The van der Waals surface area contributed by atoms with Crippen LogP contribution in [0.15, 0.2) is 30.3 Å². The van der Waals surface area contributed by atoms with Crippen molar-refractivity contribution in [2.45, 2.75) is 60.8 Å². The fraction of sp³-hybridized carbons (Fsp3) is 0.625. The number of benzene rings is 1. The molecule has 1 rings (SSSR count). The van der Waals surface area contributed by atoms with Gasteiger partial charge in [0, 0.05) is 0 Å². The Morgan fingerprint density at radius 2 is 1.38 bits per heavy atom. The largest absolute Gasteiger partial charge is 0.0776 e. The van der Waals surface area contributed by atoms with Crippen LogP contribution in [-0.4, -0.2) is 0 Å². The molecule has 0 amide bonds. The standard InChI is InChI=1S/C14H22.2CH4/c1-3-8-13(9-4-2)12-14-10-6-5-7-11-14;;/h5-7,10-11,13H,3-4,8-9,12H2,1-2H3;2*1H4. The summed E-state index contributed by atoms with van der Waals surface area (Å²) in [6.45, 7) is 4.57. The van der Waals surface area contributed by atoms with E-state index >= 15 is 0 Å². The lowest BCUT2D eigenvalue weighted by molar-refractivity contribution is 0.438. The van der Waals surface area contributed by atoms with E-state index in [0.29, 0.717) is 0 Å². The Bertz CT molecular complexity index is 219. The molecule has 0 unspecified atom stereocenters. The highest BCUT2D eigenvalue weighted by atomic mass is 14.1. The molecular formula is C16H30. The Balaban J connectivity index is 0. The Kier molecular flexibility index (Phi) is 11.8. The lowest BCUT2D eigenvalue weighted by Crippen LogP contribution is -2.03. The molecule has 0 aliphatic rings. The van der Waals surface area contributed by atoms with E-state index in [0.717, 1.165) is 5.92 Å². The lowest BCUT2D eigenvalue weighted by atomic mass is 9.91. The van der Waals surface area contributed by atoms with Crippen LogP contribution in [0, 0.1) is 5.92 Å². The third-order valence-electron chi connectivity index (χ3n) is 2.76. The monoisotopic (exact) mass is 222 g/mol. The van der Waals surface area contributed by atoms with Gasteiger partial charge in [-0.2, -0.15) is 0 Å². The van der Waals surface area contributed by atoms with Crippen LogP contribution >= 0.6 is 0 Å². The van der Waals surface area contributed by atoms with Gasteiger partial charge in [0.15, 0.2) is 0 Å². The summed E-state index contributed by atoms with van der Waals surface area (Å²) in [6.07, 6.45) is 6.66. The van der Waals surface area contributed by atoms with Crippen LogP contribution in [-0.2, 0) is 6.42 Å². The molecule has 94 valence electrons. The quantitative estimate of drug-likeness (QED) is 0.577. The van der Waals surface area contributed by atoms with Gasteiger partial charge in [0.2, 0.25) is 0 Å². The van der Waals surface area contributed by atoms with Gasteiger partial charge in [-0.05, 0) is 17.9 Å². The van der Waals surface area contributed by atoms with Crippen LogP contribution in [0.5, 0.6) is 0 Å². The SMILES string of the molecule is C.C.CCCC(CCC)Cc1ccccc1. The summed E-state index contributed by atoms with van der Waals surface area (Å²) in [4.78, 5) is 0.